The standard InChI is InChI=1S/C22H23N3O4.C21H21N3O4S.C21H23N3O4S.C21H21N3O4.C20H21N3O4S/c1-4-11-29-22(26)24-16-7-5-15(6-8-16)21-19(13-23)18-10-9-17(28-3)12-20(18)25(21)14-27-2;1-27-14-23-20-12-17(28-2)8-9-18(20)19(13-22)21(23)15-4-6-16(7-5-15)24-10-3-11-29(24,25)26;1-4-11-29(25,26)23-16-7-5-15(6-8-16)21-19(13-22)18-10-9-17(28-3)12-20(18)24(21)14-27-2;1-4-28-21(25)23-15-7-5-14(6-8-15)20-18(12-22)17-10-9-16(27-3)11-19(17)24(20)13-26-2;1-4-28(24,25)22-15-7-5-14(6-8-15)20-18(12-21)17-10-9-16(27-3)11-19(17)23(20)13-26-2/h5-10,12H,4,11,14H2,1-3H3,(H,24,26);4-9,12H,3,10-11,14H2,1-2H3;5-10,12,23H,4,11,14H2,1-3H3;5-11H,4,13H2,1-3H3,(H,23,25);5-11,22H,4,13H2,1-3H3. The molecule has 1 aliphatic heterocycles. The Hall–Kier alpha value is -16.1. The normalized spacial score (nSPS) is 11.9. The fraction of sp³-hybridized carbons (Fsp3) is 0.267. The van der Waals surface area contributed by atoms with Gasteiger partial charge in [-0.3, -0.25) is 24.4 Å². The summed E-state index contributed by atoms with van der Waals surface area (Å²) in [6.45, 7) is 9.58. The number of sulfonamides is 3. The summed E-state index contributed by atoms with van der Waals surface area (Å²) >= 11 is 0. The number of carbonyl (C=O) groups excluding carboxylic acids is 2. The largest absolute Gasteiger partial charge is 0.497 e. The van der Waals surface area contributed by atoms with Crippen LogP contribution in [0.5, 0.6) is 28.7 Å². The Labute approximate surface area is 829 Å². The molecule has 1 aliphatic rings. The molecule has 0 spiro atoms. The van der Waals surface area contributed by atoms with E-state index in [1.54, 1.807) is 170 Å². The van der Waals surface area contributed by atoms with Gasteiger partial charge in [0.1, 0.15) is 92.7 Å². The van der Waals surface area contributed by atoms with E-state index in [0.29, 0.717) is 129 Å². The maximum Gasteiger partial charge on any atom is 0.411 e. The molecular weight excluding hydrogens is 1890 g/mol. The van der Waals surface area contributed by atoms with Gasteiger partial charge in [-0.15, -0.1) is 0 Å². The Kier molecular flexibility index (Phi) is 36.0. The van der Waals surface area contributed by atoms with Gasteiger partial charge in [0.25, 0.3) is 0 Å². The number of nitriles is 5. The lowest BCUT2D eigenvalue weighted by Gasteiger charge is -2.17. The van der Waals surface area contributed by atoms with Crippen molar-refractivity contribution in [3.05, 3.63) is 240 Å². The zero-order valence-electron chi connectivity index (χ0n) is 81.4. The molecule has 0 bridgehead atoms. The molecule has 0 radical (unpaired) electrons. The maximum absolute atomic E-state index is 12.2. The summed E-state index contributed by atoms with van der Waals surface area (Å²) < 4.78 is 151. The molecule has 0 saturated carbocycles. The van der Waals surface area contributed by atoms with Crippen LogP contribution in [0.1, 0.15) is 74.8 Å². The van der Waals surface area contributed by atoms with E-state index >= 15 is 0 Å². The number of ether oxygens (including phenoxy) is 12. The summed E-state index contributed by atoms with van der Waals surface area (Å²) in [5, 5.41) is 58.5. The molecule has 1 fully saturated rings. The van der Waals surface area contributed by atoms with Gasteiger partial charge in [0.15, 0.2) is 0 Å². The van der Waals surface area contributed by atoms with Crippen molar-refractivity contribution in [2.75, 3.05) is 132 Å². The molecule has 5 aromatic heterocycles. The highest BCUT2D eigenvalue weighted by atomic mass is 32.2. The van der Waals surface area contributed by atoms with Crippen molar-refractivity contribution in [1.82, 2.24) is 22.8 Å². The number of rotatable bonds is 33. The van der Waals surface area contributed by atoms with Crippen molar-refractivity contribution in [2.24, 2.45) is 0 Å². The summed E-state index contributed by atoms with van der Waals surface area (Å²) in [4.78, 5) is 23.3. The predicted octanol–water partition coefficient (Wildman–Crippen LogP) is 19.9. The van der Waals surface area contributed by atoms with Crippen molar-refractivity contribution in [2.45, 2.75) is 80.6 Å². The highest BCUT2D eigenvalue weighted by molar-refractivity contribution is 7.93. The van der Waals surface area contributed by atoms with Gasteiger partial charge in [0.2, 0.25) is 30.1 Å². The van der Waals surface area contributed by atoms with Crippen molar-refractivity contribution < 1.29 is 91.7 Å². The number of fused-ring (bicyclic) bond motifs is 5. The van der Waals surface area contributed by atoms with Crippen LogP contribution < -0.4 is 48.1 Å². The Balaban J connectivity index is 0.000000159. The second-order valence-corrected chi connectivity index (χ2v) is 37.8. The summed E-state index contributed by atoms with van der Waals surface area (Å²) in [7, 11) is 6.04. The predicted molar refractivity (Wildman–Crippen MR) is 551 cm³/mol. The molecule has 2 amide bonds. The molecule has 6 heterocycles. The van der Waals surface area contributed by atoms with Crippen LogP contribution in [0.25, 0.3) is 111 Å². The van der Waals surface area contributed by atoms with Gasteiger partial charge < -0.3 is 79.7 Å². The summed E-state index contributed by atoms with van der Waals surface area (Å²) in [6.07, 6.45) is 0.941. The number of anilines is 5. The van der Waals surface area contributed by atoms with E-state index in [1.165, 1.54) is 4.31 Å². The third-order valence-corrected chi connectivity index (χ3v) is 27.6. The number of methoxy groups -OCH3 is 10. The number of hydrogen-bond acceptors (Lipinski definition) is 25. The van der Waals surface area contributed by atoms with E-state index in [-0.39, 0.29) is 50.9 Å². The third kappa shape index (κ3) is 24.2. The van der Waals surface area contributed by atoms with Crippen LogP contribution in [0.2, 0.25) is 0 Å². The first kappa shape index (κ1) is 106. The highest BCUT2D eigenvalue weighted by Gasteiger charge is 2.31. The maximum atomic E-state index is 12.2. The number of hydrogen-bond donors (Lipinski definition) is 4. The minimum atomic E-state index is -3.36. The number of nitrogens with zero attached hydrogens (tertiary/aromatic N) is 11. The van der Waals surface area contributed by atoms with Crippen molar-refractivity contribution in [3.8, 4) is 115 Å². The Morgan fingerprint density at radius 2 is 0.615 bits per heavy atom. The lowest BCUT2D eigenvalue weighted by Crippen LogP contribution is -2.24. The summed E-state index contributed by atoms with van der Waals surface area (Å²) in [5.41, 5.74) is 17.4. The van der Waals surface area contributed by atoms with E-state index in [4.69, 9.17) is 56.8 Å². The van der Waals surface area contributed by atoms with Crippen LogP contribution in [-0.4, -0.2) is 168 Å². The van der Waals surface area contributed by atoms with Gasteiger partial charge in [0.05, 0.1) is 156 Å². The lowest BCUT2D eigenvalue weighted by molar-refractivity contribution is 0.136. The Morgan fingerprint density at radius 3 is 0.846 bits per heavy atom. The molecule has 35 nitrogen and oxygen atoms in total. The van der Waals surface area contributed by atoms with Gasteiger partial charge in [-0.05, 0) is 182 Å². The molecule has 4 N–H and O–H groups in total. The molecule has 15 aromatic rings. The fourth-order valence-corrected chi connectivity index (χ4v) is 19.9. The summed E-state index contributed by atoms with van der Waals surface area (Å²) in [5.74, 6) is 3.71. The fourth-order valence-electron chi connectivity index (χ4n) is 16.6. The van der Waals surface area contributed by atoms with Crippen LogP contribution in [-0.2, 0) is 96.9 Å². The van der Waals surface area contributed by atoms with Gasteiger partial charge in [0, 0.05) is 122 Å². The average Bonchev–Trinajstić information content (AvgIpc) is 1.63. The van der Waals surface area contributed by atoms with Crippen LogP contribution in [0.3, 0.4) is 0 Å². The number of amides is 2. The Bertz CT molecular complexity index is 7700. The molecule has 38 heteroatoms. The Morgan fingerprint density at radius 1 is 0.350 bits per heavy atom. The minimum absolute atomic E-state index is 0.00273. The summed E-state index contributed by atoms with van der Waals surface area (Å²) in [6, 6.07) is 75.0. The minimum Gasteiger partial charge on any atom is -0.497 e. The average molecular weight is 2000 g/mol. The van der Waals surface area contributed by atoms with Crippen molar-refractivity contribution >= 4 is 125 Å². The number of benzene rings is 10. The molecule has 742 valence electrons. The topological polar surface area (TPSA) is 442 Å². The molecule has 0 aliphatic carbocycles. The second kappa shape index (κ2) is 48.7. The van der Waals surface area contributed by atoms with E-state index in [2.05, 4.69) is 50.4 Å². The first-order valence-corrected chi connectivity index (χ1v) is 49.9. The van der Waals surface area contributed by atoms with Gasteiger partial charge in [-0.1, -0.05) is 74.5 Å². The zero-order chi connectivity index (χ0) is 103. The van der Waals surface area contributed by atoms with Gasteiger partial charge >= 0.3 is 12.2 Å². The third-order valence-electron chi connectivity index (χ3n) is 23.0. The van der Waals surface area contributed by atoms with E-state index in [0.717, 1.165) is 106 Å². The van der Waals surface area contributed by atoms with Crippen LogP contribution >= 0.6 is 0 Å². The molecule has 0 unspecified atom stereocenters. The van der Waals surface area contributed by atoms with E-state index < -0.39 is 42.3 Å². The highest BCUT2D eigenvalue weighted by Crippen LogP contribution is 2.43. The molecule has 1 saturated heterocycles. The van der Waals surface area contributed by atoms with E-state index in [9.17, 15) is 61.2 Å². The monoisotopic (exact) mass is 2000 g/mol. The molecule has 16 rings (SSSR count). The van der Waals surface area contributed by atoms with Crippen molar-refractivity contribution in [1.29, 1.82) is 26.3 Å². The number of aromatic nitrogens is 5. The first-order valence-electron chi connectivity index (χ1n) is 45.0. The van der Waals surface area contributed by atoms with Gasteiger partial charge in [-0.25, -0.2) is 34.8 Å². The quantitative estimate of drug-likeness (QED) is 0.0297. The molecule has 143 heavy (non-hydrogen) atoms. The first-order chi connectivity index (χ1) is 69.1. The smallest absolute Gasteiger partial charge is 0.411 e. The van der Waals surface area contributed by atoms with E-state index in [1.807, 2.05) is 164 Å². The van der Waals surface area contributed by atoms with Crippen LogP contribution in [0.15, 0.2) is 212 Å². The van der Waals surface area contributed by atoms with Crippen LogP contribution in [0, 0.1) is 56.7 Å². The SMILES string of the molecule is CCCOC(=O)Nc1ccc(-c2c(C#N)c3ccc(OC)cc3n2COC)cc1.CCCS(=O)(=O)Nc1ccc(-c2c(C#N)c3ccc(OC)cc3n2COC)cc1.CCOC(=O)Nc1ccc(-c2c(C#N)c3ccc(OC)cc3n2COC)cc1.CCS(=O)(=O)Nc1ccc(-c2c(C#N)c3ccc(OC)cc3n2COC)cc1.COCn1c(-c2ccc(N3CCCS3(=O)=O)cc2)c(C#N)c2ccc(OC)cc21. The molecule has 0 atom stereocenters. The van der Waals surface area contributed by atoms with Crippen LogP contribution in [0.4, 0.5) is 38.0 Å². The molecular formula is C105H109N15O20S3. The number of carbonyl (C=O) groups is 2. The lowest BCUT2D eigenvalue weighted by atomic mass is 10.1. The number of nitrogens with one attached hydrogen (secondary N) is 4. The zero-order valence-corrected chi connectivity index (χ0v) is 83.9. The second-order valence-electron chi connectivity index (χ2n) is 32.0. The molecule has 10 aromatic carbocycles. The van der Waals surface area contributed by atoms with Crippen molar-refractivity contribution in [3.63, 3.8) is 0 Å². The van der Waals surface area contributed by atoms with Gasteiger partial charge in [-0.2, -0.15) is 26.3 Å².